The average molecular weight is 163 g/mol. The van der Waals surface area contributed by atoms with E-state index in [0.29, 0.717) is 9.92 Å². The molecule has 0 aliphatic heterocycles. The van der Waals surface area contributed by atoms with Crippen LogP contribution in [-0.2, 0) is 0 Å². The second kappa shape index (κ2) is 3.08. The van der Waals surface area contributed by atoms with Crippen LogP contribution in [0.5, 0.6) is 0 Å². The van der Waals surface area contributed by atoms with E-state index in [0.717, 1.165) is 0 Å². The molecule has 1 aromatic rings. The van der Waals surface area contributed by atoms with E-state index < -0.39 is 0 Å². The molecule has 1 aromatic carbocycles. The Kier molecular flexibility index (Phi) is 2.37. The largest absolute Gasteiger partial charge is 0.160 e. The third-order valence-electron chi connectivity index (χ3n) is 0.903. The molecular formula is C6H4ClFS. The fourth-order valence-corrected chi connectivity index (χ4v) is 0.851. The van der Waals surface area contributed by atoms with Gasteiger partial charge in [0.2, 0.25) is 0 Å². The first-order valence-corrected chi connectivity index (χ1v) is 3.46. The fraction of sp³-hybridized carbons (Fsp3) is 0. The van der Waals surface area contributed by atoms with Gasteiger partial charge in [0.05, 0.1) is 12.1 Å². The van der Waals surface area contributed by atoms with Gasteiger partial charge in [0.25, 0.3) is 0 Å². The molecule has 0 spiro atoms. The summed E-state index contributed by atoms with van der Waals surface area (Å²) in [7, 11) is 0. The predicted molar refractivity (Wildman–Crippen MR) is 38.4 cm³/mol. The van der Waals surface area contributed by atoms with Gasteiger partial charge in [-0.05, 0) is 24.3 Å². The standard InChI is InChI=1S/C6H4ClFS/c7-5-1-3-6(9-8)4-2-5/h1-4H. The van der Waals surface area contributed by atoms with Crippen molar-refractivity contribution in [3.8, 4) is 0 Å². The Labute approximate surface area is 62.3 Å². The van der Waals surface area contributed by atoms with Crippen LogP contribution in [0.1, 0.15) is 0 Å². The third-order valence-corrected chi connectivity index (χ3v) is 1.61. The molecule has 9 heavy (non-hydrogen) atoms. The lowest BCUT2D eigenvalue weighted by atomic mass is 10.4. The summed E-state index contributed by atoms with van der Waals surface area (Å²) in [6.45, 7) is 0. The Hall–Kier alpha value is -0.210. The van der Waals surface area contributed by atoms with Crippen LogP contribution in [0.2, 0.25) is 5.02 Å². The minimum atomic E-state index is 0.219. The minimum absolute atomic E-state index is 0.219. The molecule has 0 heterocycles. The molecule has 0 radical (unpaired) electrons. The number of halogens is 2. The van der Waals surface area contributed by atoms with Crippen molar-refractivity contribution >= 4 is 23.7 Å². The fourth-order valence-electron chi connectivity index (χ4n) is 0.486. The molecular weight excluding hydrogens is 159 g/mol. The summed E-state index contributed by atoms with van der Waals surface area (Å²) in [5, 5.41) is 0.632. The molecule has 0 N–H and O–H groups in total. The van der Waals surface area contributed by atoms with E-state index in [1.165, 1.54) is 0 Å². The van der Waals surface area contributed by atoms with E-state index >= 15 is 0 Å². The molecule has 1 rings (SSSR count). The zero-order chi connectivity index (χ0) is 6.69. The molecule has 0 aliphatic carbocycles. The van der Waals surface area contributed by atoms with Crippen molar-refractivity contribution in [3.05, 3.63) is 29.3 Å². The molecule has 0 bridgehead atoms. The normalized spacial score (nSPS) is 9.56. The van der Waals surface area contributed by atoms with Gasteiger partial charge in [-0.15, -0.1) is 0 Å². The summed E-state index contributed by atoms with van der Waals surface area (Å²) < 4.78 is 11.7. The summed E-state index contributed by atoms with van der Waals surface area (Å²) in [5.74, 6) is 0. The van der Waals surface area contributed by atoms with Crippen LogP contribution in [-0.4, -0.2) is 0 Å². The van der Waals surface area contributed by atoms with Crippen LogP contribution in [0.4, 0.5) is 3.89 Å². The van der Waals surface area contributed by atoms with Crippen molar-refractivity contribution in [2.24, 2.45) is 0 Å². The number of benzene rings is 1. The quantitative estimate of drug-likeness (QED) is 0.611. The van der Waals surface area contributed by atoms with Gasteiger partial charge in [-0.1, -0.05) is 11.6 Å². The molecule has 0 nitrogen and oxygen atoms in total. The highest BCUT2D eigenvalue weighted by molar-refractivity contribution is 7.94. The first-order valence-electron chi connectivity index (χ1n) is 2.37. The number of hydrogen-bond donors (Lipinski definition) is 0. The second-order valence-electron chi connectivity index (χ2n) is 1.53. The Bertz CT molecular complexity index is 185. The van der Waals surface area contributed by atoms with Crippen molar-refractivity contribution < 1.29 is 3.89 Å². The molecule has 0 amide bonds. The third kappa shape index (κ3) is 1.88. The molecule has 0 saturated carbocycles. The molecule has 48 valence electrons. The lowest BCUT2D eigenvalue weighted by Crippen LogP contribution is -1.64. The minimum Gasteiger partial charge on any atom is -0.160 e. The van der Waals surface area contributed by atoms with Crippen LogP contribution in [0.15, 0.2) is 29.2 Å². The van der Waals surface area contributed by atoms with E-state index in [1.807, 2.05) is 0 Å². The van der Waals surface area contributed by atoms with Crippen LogP contribution >= 0.6 is 23.7 Å². The molecule has 0 fully saturated rings. The van der Waals surface area contributed by atoms with Gasteiger partial charge in [0, 0.05) is 9.92 Å². The maximum atomic E-state index is 11.7. The Morgan fingerprint density at radius 3 is 2.22 bits per heavy atom. The molecule has 0 aliphatic rings. The highest BCUT2D eigenvalue weighted by atomic mass is 35.5. The number of hydrogen-bond acceptors (Lipinski definition) is 1. The molecule has 0 unspecified atom stereocenters. The van der Waals surface area contributed by atoms with Crippen molar-refractivity contribution in [2.45, 2.75) is 4.90 Å². The lowest BCUT2D eigenvalue weighted by Gasteiger charge is -1.89. The van der Waals surface area contributed by atoms with Crippen molar-refractivity contribution in [2.75, 3.05) is 0 Å². The van der Waals surface area contributed by atoms with E-state index in [9.17, 15) is 3.89 Å². The summed E-state index contributed by atoms with van der Waals surface area (Å²) in [4.78, 5) is 0.583. The van der Waals surface area contributed by atoms with Crippen molar-refractivity contribution in [1.29, 1.82) is 0 Å². The smallest absolute Gasteiger partial charge is 0.0812 e. The Morgan fingerprint density at radius 1 is 1.22 bits per heavy atom. The highest BCUT2D eigenvalue weighted by Crippen LogP contribution is 2.20. The summed E-state index contributed by atoms with van der Waals surface area (Å²) in [6, 6.07) is 6.58. The summed E-state index contributed by atoms with van der Waals surface area (Å²) in [6.07, 6.45) is 0. The van der Waals surface area contributed by atoms with Crippen molar-refractivity contribution in [1.82, 2.24) is 0 Å². The van der Waals surface area contributed by atoms with Gasteiger partial charge < -0.3 is 0 Å². The van der Waals surface area contributed by atoms with E-state index in [4.69, 9.17) is 11.6 Å². The van der Waals surface area contributed by atoms with Gasteiger partial charge in [-0.2, -0.15) is 3.89 Å². The molecule has 3 heteroatoms. The van der Waals surface area contributed by atoms with Crippen molar-refractivity contribution in [3.63, 3.8) is 0 Å². The maximum Gasteiger partial charge on any atom is 0.0812 e. The van der Waals surface area contributed by atoms with Crippen LogP contribution in [0, 0.1) is 0 Å². The van der Waals surface area contributed by atoms with Crippen LogP contribution < -0.4 is 0 Å². The SMILES string of the molecule is FSc1ccc(Cl)cc1. The van der Waals surface area contributed by atoms with Crippen LogP contribution in [0.3, 0.4) is 0 Å². The monoisotopic (exact) mass is 162 g/mol. The van der Waals surface area contributed by atoms with Gasteiger partial charge in [-0.25, -0.2) is 0 Å². The molecule has 0 atom stereocenters. The van der Waals surface area contributed by atoms with Gasteiger partial charge >= 0.3 is 0 Å². The van der Waals surface area contributed by atoms with Crippen LogP contribution in [0.25, 0.3) is 0 Å². The topological polar surface area (TPSA) is 0 Å². The summed E-state index contributed by atoms with van der Waals surface area (Å²) in [5.41, 5.74) is 0. The Balaban J connectivity index is 2.88. The van der Waals surface area contributed by atoms with E-state index in [-0.39, 0.29) is 12.1 Å². The predicted octanol–water partition coefficient (Wildman–Crippen LogP) is 3.32. The first kappa shape index (κ1) is 6.90. The van der Waals surface area contributed by atoms with Gasteiger partial charge in [-0.3, -0.25) is 0 Å². The van der Waals surface area contributed by atoms with Gasteiger partial charge in [0.15, 0.2) is 0 Å². The van der Waals surface area contributed by atoms with E-state index in [1.54, 1.807) is 24.3 Å². The molecule has 0 aromatic heterocycles. The Morgan fingerprint density at radius 2 is 1.78 bits per heavy atom. The first-order chi connectivity index (χ1) is 4.33. The average Bonchev–Trinajstić information content (AvgIpc) is 1.90. The lowest BCUT2D eigenvalue weighted by molar-refractivity contribution is 0.934. The maximum absolute atomic E-state index is 11.7. The number of rotatable bonds is 1. The van der Waals surface area contributed by atoms with E-state index in [2.05, 4.69) is 0 Å². The second-order valence-corrected chi connectivity index (χ2v) is 2.59. The zero-order valence-electron chi connectivity index (χ0n) is 4.47. The molecule has 0 saturated heterocycles. The summed E-state index contributed by atoms with van der Waals surface area (Å²) >= 11 is 5.76. The highest BCUT2D eigenvalue weighted by Gasteiger charge is 1.89. The zero-order valence-corrected chi connectivity index (χ0v) is 6.05. The van der Waals surface area contributed by atoms with Gasteiger partial charge in [0.1, 0.15) is 0 Å².